The van der Waals surface area contributed by atoms with Crippen LogP contribution in [0.5, 0.6) is 0 Å². The normalized spacial score (nSPS) is 31.4. The van der Waals surface area contributed by atoms with Crippen molar-refractivity contribution in [2.75, 3.05) is 25.1 Å². The van der Waals surface area contributed by atoms with E-state index in [1.54, 1.807) is 20.8 Å². The van der Waals surface area contributed by atoms with Gasteiger partial charge in [-0.15, -0.1) is 0 Å². The van der Waals surface area contributed by atoms with Gasteiger partial charge in [0.25, 0.3) is 11.1 Å². The molecule has 1 unspecified atom stereocenters. The Bertz CT molecular complexity index is 2400. The number of imidazole rings is 2. The van der Waals surface area contributed by atoms with E-state index in [2.05, 4.69) is 39.9 Å². The molecule has 7 rings (SSSR count). The number of halogens is 1. The molecule has 4 N–H and O–H groups in total. The van der Waals surface area contributed by atoms with Crippen LogP contribution >= 0.6 is 7.82 Å². The van der Waals surface area contributed by atoms with Crippen molar-refractivity contribution in [3.63, 3.8) is 0 Å². The molecule has 290 valence electrons. The molecule has 23 nitrogen and oxygen atoms in total. The molecule has 1 amide bonds. The summed E-state index contributed by atoms with van der Waals surface area (Å²) in [6, 6.07) is 1.84. The molecule has 2 bridgehead atoms. The molecule has 9 atom stereocenters. The SMILES string of the molecule is CC(C)C(=O)Nc1nc2c(ncn2[C@@H]2O[C@@H]3CNS(=O)(=O)O[C@H]4[C@@H](F)[C@H](n5cnc6c(=O)[nH]cnc65)O[C@@H]4COP(=O)(OCCC#N)O[C@@H]2[C@@H]3C)c(=O)[nH]1. The zero-order valence-electron chi connectivity index (χ0n) is 28.5. The lowest BCUT2D eigenvalue weighted by molar-refractivity contribution is -0.118. The summed E-state index contributed by atoms with van der Waals surface area (Å²) in [7, 11) is -9.56. The van der Waals surface area contributed by atoms with Crippen LogP contribution in [0.15, 0.2) is 28.6 Å². The lowest BCUT2D eigenvalue weighted by atomic mass is 10.0. The molecule has 3 aliphatic rings. The number of nitriles is 1. The quantitative estimate of drug-likeness (QED) is 0.144. The Hall–Kier alpha value is -4.51. The Morgan fingerprint density at radius 1 is 1.11 bits per heavy atom. The van der Waals surface area contributed by atoms with Crippen molar-refractivity contribution >= 4 is 52.3 Å². The molecule has 0 saturated carbocycles. The van der Waals surface area contributed by atoms with Crippen molar-refractivity contribution in [1.29, 1.82) is 5.26 Å². The highest BCUT2D eigenvalue weighted by Crippen LogP contribution is 2.55. The van der Waals surface area contributed by atoms with Gasteiger partial charge in [-0.3, -0.25) is 47.4 Å². The molecule has 4 aromatic heterocycles. The Balaban J connectivity index is 1.24. The summed E-state index contributed by atoms with van der Waals surface area (Å²) < 4.78 is 96.4. The maximum atomic E-state index is 16.2. The fourth-order valence-corrected chi connectivity index (χ4v) is 8.48. The molecule has 0 aliphatic carbocycles. The van der Waals surface area contributed by atoms with E-state index >= 15 is 4.39 Å². The second-order valence-corrected chi connectivity index (χ2v) is 15.8. The lowest BCUT2D eigenvalue weighted by Crippen LogP contribution is -2.42. The number of phosphoric ester groups is 1. The first-order valence-corrected chi connectivity index (χ1v) is 19.3. The number of aromatic nitrogens is 8. The molecule has 7 heterocycles. The number of carbonyl (C=O) groups is 1. The first-order chi connectivity index (χ1) is 25.7. The number of nitrogens with zero attached hydrogens (tertiary/aromatic N) is 7. The average molecular weight is 798 g/mol. The summed E-state index contributed by atoms with van der Waals surface area (Å²) in [5.41, 5.74) is -1.80. The Morgan fingerprint density at radius 2 is 1.81 bits per heavy atom. The van der Waals surface area contributed by atoms with Gasteiger partial charge in [-0.05, 0) is 0 Å². The van der Waals surface area contributed by atoms with E-state index in [0.29, 0.717) is 0 Å². The second-order valence-electron chi connectivity index (χ2n) is 12.8. The molecular weight excluding hydrogens is 764 g/mol. The smallest absolute Gasteiger partial charge is 0.350 e. The Labute approximate surface area is 303 Å². The highest BCUT2D eigenvalue weighted by molar-refractivity contribution is 7.84. The van der Waals surface area contributed by atoms with E-state index in [0.717, 1.165) is 17.2 Å². The summed E-state index contributed by atoms with van der Waals surface area (Å²) in [6.45, 7) is 3.12. The largest absolute Gasteiger partial charge is 0.475 e. The summed E-state index contributed by atoms with van der Waals surface area (Å²) in [4.78, 5) is 58.8. The van der Waals surface area contributed by atoms with Crippen LogP contribution in [0.2, 0.25) is 0 Å². The summed E-state index contributed by atoms with van der Waals surface area (Å²) in [5, 5.41) is 11.7. The van der Waals surface area contributed by atoms with Crippen molar-refractivity contribution in [2.45, 2.75) is 70.2 Å². The van der Waals surface area contributed by atoms with Gasteiger partial charge in [-0.25, -0.2) is 28.1 Å². The third-order valence-corrected chi connectivity index (χ3v) is 11.4. The summed E-state index contributed by atoms with van der Waals surface area (Å²) in [6.07, 6.45) is -7.97. The number of ether oxygens (including phenoxy) is 2. The van der Waals surface area contributed by atoms with Crippen molar-refractivity contribution in [3.05, 3.63) is 39.7 Å². The van der Waals surface area contributed by atoms with E-state index in [-0.39, 0.29) is 34.7 Å². The molecule has 26 heteroatoms. The maximum absolute atomic E-state index is 16.2. The number of nitrogens with one attached hydrogen (secondary N) is 4. The molecule has 4 aromatic rings. The van der Waals surface area contributed by atoms with Crippen LogP contribution in [0, 0.1) is 23.2 Å². The van der Waals surface area contributed by atoms with Crippen LogP contribution in [0.25, 0.3) is 22.3 Å². The van der Waals surface area contributed by atoms with Crippen molar-refractivity contribution in [1.82, 2.24) is 43.8 Å². The molecule has 3 saturated heterocycles. The van der Waals surface area contributed by atoms with Crippen LogP contribution in [0.1, 0.15) is 39.6 Å². The molecule has 3 fully saturated rings. The minimum absolute atomic E-state index is 0.0809. The van der Waals surface area contributed by atoms with Crippen LogP contribution in [0.3, 0.4) is 0 Å². The van der Waals surface area contributed by atoms with Gasteiger partial charge in [0.15, 0.2) is 41.0 Å². The lowest BCUT2D eigenvalue weighted by Gasteiger charge is -2.27. The first kappa shape index (κ1) is 37.8. The van der Waals surface area contributed by atoms with E-state index in [4.69, 9.17) is 32.5 Å². The topological polar surface area (TPSA) is 299 Å². The van der Waals surface area contributed by atoms with Crippen LogP contribution in [0.4, 0.5) is 10.3 Å². The van der Waals surface area contributed by atoms with Crippen LogP contribution < -0.4 is 21.2 Å². The monoisotopic (exact) mass is 797 g/mol. The summed E-state index contributed by atoms with van der Waals surface area (Å²) >= 11 is 0. The van der Waals surface area contributed by atoms with E-state index in [1.807, 2.05) is 6.07 Å². The van der Waals surface area contributed by atoms with Crippen LogP contribution in [-0.4, -0.2) is 104 Å². The third-order valence-electron chi connectivity index (χ3n) is 8.89. The van der Waals surface area contributed by atoms with Gasteiger partial charge in [0.05, 0.1) is 50.8 Å². The van der Waals surface area contributed by atoms with E-state index < -0.39 is 110 Å². The molecule has 54 heavy (non-hydrogen) atoms. The number of rotatable bonds is 7. The number of amides is 1. The number of carbonyl (C=O) groups excluding carboxylic acids is 1. The fraction of sp³-hybridized carbons (Fsp3) is 0.571. The number of anilines is 1. The minimum atomic E-state index is -4.78. The van der Waals surface area contributed by atoms with E-state index in [9.17, 15) is 27.4 Å². The zero-order valence-corrected chi connectivity index (χ0v) is 30.2. The Kier molecular flexibility index (Phi) is 10.2. The predicted molar refractivity (Wildman–Crippen MR) is 178 cm³/mol. The van der Waals surface area contributed by atoms with Crippen molar-refractivity contribution in [3.8, 4) is 6.07 Å². The van der Waals surface area contributed by atoms with Gasteiger partial charge < -0.3 is 14.5 Å². The summed E-state index contributed by atoms with van der Waals surface area (Å²) in [5.74, 6) is -1.91. The molecule has 0 spiro atoms. The standard InChI is InChI=1S/C28H33FN11O12PS/c1-12(2)23(41)37-28-36-22-18(25(43)38-28)34-11-40(22)27-19-13(3)14(49-27)7-35-54(45,46)52-20-15(8-48-53(44,51-19)47-6-4-5-30)50-26(16(20)29)39-10-33-17-21(39)31-9-32-24(17)42/h9-16,19-20,26-27,35H,4,6-8H2,1-3H3,(H,31,32,42)(H2,36,37,38,41,43)/t13-,14-,15-,16-,19-,20-,26-,27-,53?/m1/s1. The average Bonchev–Trinajstić information content (AvgIpc) is 3.88. The number of H-pyrrole nitrogens is 2. The van der Waals surface area contributed by atoms with Gasteiger partial charge in [-0.2, -0.15) is 23.4 Å². The minimum Gasteiger partial charge on any atom is -0.350 e. The molecular formula is C28H33FN11O12PS. The highest BCUT2D eigenvalue weighted by Gasteiger charge is 2.53. The maximum Gasteiger partial charge on any atom is 0.475 e. The zero-order chi connectivity index (χ0) is 38.5. The van der Waals surface area contributed by atoms with Gasteiger partial charge in [0.1, 0.15) is 18.3 Å². The molecule has 0 aromatic carbocycles. The van der Waals surface area contributed by atoms with Crippen LogP contribution in [-0.2, 0) is 46.9 Å². The van der Waals surface area contributed by atoms with Gasteiger partial charge in [0, 0.05) is 18.4 Å². The first-order valence-electron chi connectivity index (χ1n) is 16.4. The number of hydrogen-bond donors (Lipinski definition) is 4. The molecule has 0 radical (unpaired) electrons. The van der Waals surface area contributed by atoms with Gasteiger partial charge in [-0.1, -0.05) is 20.8 Å². The number of phosphoric acid groups is 1. The number of aromatic amines is 2. The van der Waals surface area contributed by atoms with Crippen molar-refractivity contribution < 1.29 is 49.4 Å². The van der Waals surface area contributed by atoms with E-state index in [1.165, 1.54) is 10.9 Å². The second kappa shape index (κ2) is 14.6. The highest BCUT2D eigenvalue weighted by atomic mass is 32.2. The fourth-order valence-electron chi connectivity index (χ4n) is 6.09. The van der Waals surface area contributed by atoms with Gasteiger partial charge in [0.2, 0.25) is 11.9 Å². The van der Waals surface area contributed by atoms with Crippen molar-refractivity contribution in [2.24, 2.45) is 11.8 Å². The number of hydrogen-bond acceptors (Lipinski definition) is 17. The number of alkyl halides is 1. The predicted octanol–water partition coefficient (Wildman–Crippen LogP) is 0.290. The molecule has 3 aliphatic heterocycles. The third kappa shape index (κ3) is 7.19. The Morgan fingerprint density at radius 3 is 2.54 bits per heavy atom. The number of fused-ring (bicyclic) bond motifs is 5. The van der Waals surface area contributed by atoms with Gasteiger partial charge >= 0.3 is 18.1 Å².